The summed E-state index contributed by atoms with van der Waals surface area (Å²) in [4.78, 5) is 8.81. The lowest BCUT2D eigenvalue weighted by molar-refractivity contribution is 0.508. The van der Waals surface area contributed by atoms with Gasteiger partial charge in [-0.05, 0) is 42.3 Å². The van der Waals surface area contributed by atoms with Crippen LogP contribution < -0.4 is 5.73 Å². The van der Waals surface area contributed by atoms with Crippen LogP contribution in [0.15, 0.2) is 47.6 Å². The van der Waals surface area contributed by atoms with Gasteiger partial charge in [0.1, 0.15) is 0 Å². The number of aryl methyl sites for hydroxylation is 1. The highest BCUT2D eigenvalue weighted by Gasteiger charge is 2.23. The maximum atomic E-state index is 5.97. The number of terminal acetylenes is 1. The van der Waals surface area contributed by atoms with Gasteiger partial charge in [0.2, 0.25) is 0 Å². The normalized spacial score (nSPS) is 17.8. The number of nitrogens with two attached hydrogens (primary N) is 1. The van der Waals surface area contributed by atoms with E-state index >= 15 is 0 Å². The van der Waals surface area contributed by atoms with Gasteiger partial charge >= 0.3 is 0 Å². The largest absolute Gasteiger partial charge is 0.370 e. The lowest BCUT2D eigenvalue weighted by Gasteiger charge is -2.28. The molecule has 3 nitrogen and oxygen atoms in total. The Labute approximate surface area is 141 Å². The second-order valence-electron chi connectivity index (χ2n) is 5.77. The molecule has 0 saturated carbocycles. The summed E-state index contributed by atoms with van der Waals surface area (Å²) in [5.41, 5.74) is 10.2. The first-order chi connectivity index (χ1) is 11.0. The van der Waals surface area contributed by atoms with Gasteiger partial charge in [-0.2, -0.15) is 0 Å². The third-order valence-electron chi connectivity index (χ3n) is 4.02. The number of nitrogens with zero attached hydrogens (tertiary/aromatic N) is 2. The van der Waals surface area contributed by atoms with Crippen molar-refractivity contribution in [2.75, 3.05) is 7.05 Å². The Balaban J connectivity index is 1.94. The highest BCUT2D eigenvalue weighted by atomic mass is 32.1. The average Bonchev–Trinajstić information content (AvgIpc) is 3.01. The molecule has 4 heteroatoms. The van der Waals surface area contributed by atoms with Gasteiger partial charge in [0.25, 0.3) is 0 Å². The minimum Gasteiger partial charge on any atom is -0.370 e. The molecule has 0 spiro atoms. The van der Waals surface area contributed by atoms with Crippen molar-refractivity contribution >= 4 is 17.3 Å². The van der Waals surface area contributed by atoms with Crippen LogP contribution in [0.5, 0.6) is 0 Å². The summed E-state index contributed by atoms with van der Waals surface area (Å²) in [7, 11) is 1.89. The molecule has 0 bridgehead atoms. The Morgan fingerprint density at radius 2 is 2.17 bits per heavy atom. The van der Waals surface area contributed by atoms with E-state index in [0.717, 1.165) is 23.2 Å². The quantitative estimate of drug-likeness (QED) is 0.852. The highest BCUT2D eigenvalue weighted by Crippen LogP contribution is 2.37. The molecule has 0 aliphatic carbocycles. The Hall–Kier alpha value is -2.51. The van der Waals surface area contributed by atoms with Crippen molar-refractivity contribution in [3.05, 3.63) is 58.6 Å². The molecule has 1 atom stereocenters. The van der Waals surface area contributed by atoms with Crippen LogP contribution in [-0.2, 0) is 0 Å². The van der Waals surface area contributed by atoms with E-state index in [1.165, 1.54) is 15.3 Å². The van der Waals surface area contributed by atoms with Crippen LogP contribution in [0, 0.1) is 19.3 Å². The van der Waals surface area contributed by atoms with Crippen molar-refractivity contribution in [2.45, 2.75) is 19.4 Å². The van der Waals surface area contributed by atoms with E-state index < -0.39 is 0 Å². The van der Waals surface area contributed by atoms with Crippen molar-refractivity contribution < 1.29 is 0 Å². The summed E-state index contributed by atoms with van der Waals surface area (Å²) in [6.07, 6.45) is 6.33. The van der Waals surface area contributed by atoms with Gasteiger partial charge in [0, 0.05) is 34.5 Å². The lowest BCUT2D eigenvalue weighted by Crippen LogP contribution is -2.36. The van der Waals surface area contributed by atoms with E-state index in [4.69, 9.17) is 12.2 Å². The molecule has 23 heavy (non-hydrogen) atoms. The van der Waals surface area contributed by atoms with Gasteiger partial charge < -0.3 is 10.6 Å². The van der Waals surface area contributed by atoms with Crippen LogP contribution in [0.2, 0.25) is 0 Å². The van der Waals surface area contributed by atoms with Crippen molar-refractivity contribution in [1.82, 2.24) is 4.90 Å². The Kier molecular flexibility index (Phi) is 3.97. The second kappa shape index (κ2) is 5.94. The minimum absolute atomic E-state index is 0.0503. The zero-order valence-electron chi connectivity index (χ0n) is 13.3. The molecule has 2 heterocycles. The Bertz CT molecular complexity index is 839. The van der Waals surface area contributed by atoms with Crippen LogP contribution in [-0.4, -0.2) is 17.9 Å². The minimum atomic E-state index is 0.0503. The van der Waals surface area contributed by atoms with Gasteiger partial charge in [0.15, 0.2) is 5.96 Å². The number of aliphatic imine (C=N–C) groups is 1. The molecule has 2 aromatic rings. The molecule has 0 saturated heterocycles. The van der Waals surface area contributed by atoms with Crippen LogP contribution in [0.1, 0.15) is 28.5 Å². The third-order valence-corrected chi connectivity index (χ3v) is 5.25. The maximum absolute atomic E-state index is 5.97. The third kappa shape index (κ3) is 3.01. The average molecular weight is 321 g/mol. The van der Waals surface area contributed by atoms with Crippen molar-refractivity contribution in [2.24, 2.45) is 10.7 Å². The molecule has 0 radical (unpaired) electrons. The molecule has 0 amide bonds. The summed E-state index contributed by atoms with van der Waals surface area (Å²) >= 11 is 1.73. The van der Waals surface area contributed by atoms with E-state index in [-0.39, 0.29) is 6.04 Å². The Morgan fingerprint density at radius 1 is 1.39 bits per heavy atom. The van der Waals surface area contributed by atoms with Crippen molar-refractivity contribution in [3.63, 3.8) is 0 Å². The molecule has 1 unspecified atom stereocenters. The fraction of sp³-hybridized carbons (Fsp3) is 0.211. The highest BCUT2D eigenvalue weighted by molar-refractivity contribution is 7.15. The Morgan fingerprint density at radius 3 is 2.87 bits per heavy atom. The fourth-order valence-corrected chi connectivity index (χ4v) is 3.71. The first kappa shape index (κ1) is 15.4. The molecule has 116 valence electrons. The predicted molar refractivity (Wildman–Crippen MR) is 98.3 cm³/mol. The van der Waals surface area contributed by atoms with Crippen molar-refractivity contribution in [3.8, 4) is 22.8 Å². The van der Waals surface area contributed by atoms with Crippen LogP contribution >= 0.6 is 11.3 Å². The van der Waals surface area contributed by atoms with E-state index in [2.05, 4.69) is 42.6 Å². The summed E-state index contributed by atoms with van der Waals surface area (Å²) in [5.74, 6) is 3.23. The molecule has 3 rings (SSSR count). The predicted octanol–water partition coefficient (Wildman–Crippen LogP) is 3.91. The monoisotopic (exact) mass is 321 g/mol. The summed E-state index contributed by atoms with van der Waals surface area (Å²) in [5, 5.41) is 0. The van der Waals surface area contributed by atoms with Crippen LogP contribution in [0.3, 0.4) is 0 Å². The number of benzene rings is 1. The zero-order chi connectivity index (χ0) is 16.6. The van der Waals surface area contributed by atoms with Crippen molar-refractivity contribution in [1.29, 1.82) is 0 Å². The number of thiophene rings is 1. The first-order valence-corrected chi connectivity index (χ1v) is 8.23. The van der Waals surface area contributed by atoms with Gasteiger partial charge in [-0.3, -0.25) is 0 Å². The van der Waals surface area contributed by atoms with E-state index in [0.29, 0.717) is 5.96 Å². The number of rotatable bonds is 2. The van der Waals surface area contributed by atoms with E-state index in [1.807, 2.05) is 24.1 Å². The molecule has 1 aromatic carbocycles. The molecular weight excluding hydrogens is 302 g/mol. The van der Waals surface area contributed by atoms with E-state index in [9.17, 15) is 0 Å². The summed E-state index contributed by atoms with van der Waals surface area (Å²) < 4.78 is 0. The topological polar surface area (TPSA) is 41.6 Å². The number of guanidine groups is 1. The number of hydrogen-bond acceptors (Lipinski definition) is 4. The van der Waals surface area contributed by atoms with Gasteiger partial charge in [-0.1, -0.05) is 18.6 Å². The van der Waals surface area contributed by atoms with Gasteiger partial charge in [0.05, 0.1) is 6.04 Å². The number of hydrogen-bond donors (Lipinski definition) is 1. The molecule has 1 aromatic heterocycles. The standard InChI is InChI=1S/C19H19N3S/c1-5-14-8-12(2)9-15(11-14)17-6-7-18(23-17)16-10-13(3)22(4)19(20)21-16/h1,6-9,11,16H,3,10H2,2,4H3,(H2,20,21). The van der Waals surface area contributed by atoms with Gasteiger partial charge in [-0.15, -0.1) is 17.8 Å². The summed E-state index contributed by atoms with van der Waals surface area (Å²) in [6, 6.07) is 10.5. The molecule has 1 aliphatic heterocycles. The van der Waals surface area contributed by atoms with Gasteiger partial charge in [-0.25, -0.2) is 4.99 Å². The first-order valence-electron chi connectivity index (χ1n) is 7.41. The molecule has 1 aliphatic rings. The van der Waals surface area contributed by atoms with Crippen LogP contribution in [0.4, 0.5) is 0 Å². The zero-order valence-corrected chi connectivity index (χ0v) is 14.2. The molecule has 2 N–H and O–H groups in total. The molecular formula is C19H19N3S. The maximum Gasteiger partial charge on any atom is 0.195 e. The fourth-order valence-electron chi connectivity index (χ4n) is 2.67. The second-order valence-corrected chi connectivity index (χ2v) is 6.88. The van der Waals surface area contributed by atoms with E-state index in [1.54, 1.807) is 11.3 Å². The molecule has 0 fully saturated rings. The SMILES string of the molecule is C#Cc1cc(C)cc(-c2ccc(C3CC(=C)N(C)C(N)=N3)s2)c1. The van der Waals surface area contributed by atoms with Crippen LogP contribution in [0.25, 0.3) is 10.4 Å². The lowest BCUT2D eigenvalue weighted by atomic mass is 10.1. The summed E-state index contributed by atoms with van der Waals surface area (Å²) in [6.45, 7) is 6.13. The smallest absolute Gasteiger partial charge is 0.195 e.